The second-order valence-corrected chi connectivity index (χ2v) is 5.73. The van der Waals surface area contributed by atoms with Gasteiger partial charge >= 0.3 is 0 Å². The smallest absolute Gasteiger partial charge is 0.0650 e. The van der Waals surface area contributed by atoms with Crippen molar-refractivity contribution in [3.05, 3.63) is 0 Å². The van der Waals surface area contributed by atoms with Crippen molar-refractivity contribution in [1.29, 1.82) is 0 Å². The molecule has 0 aromatic rings. The van der Waals surface area contributed by atoms with E-state index in [4.69, 9.17) is 4.74 Å². The molecule has 2 rings (SSSR count). The molecule has 0 radical (unpaired) electrons. The van der Waals surface area contributed by atoms with Crippen LogP contribution in [0.3, 0.4) is 0 Å². The lowest BCUT2D eigenvalue weighted by atomic mass is 9.79. The summed E-state index contributed by atoms with van der Waals surface area (Å²) in [4.78, 5) is 0. The lowest BCUT2D eigenvalue weighted by Gasteiger charge is -2.37. The van der Waals surface area contributed by atoms with Crippen LogP contribution < -0.4 is 5.32 Å². The van der Waals surface area contributed by atoms with Crippen molar-refractivity contribution >= 4 is 0 Å². The lowest BCUT2D eigenvalue weighted by Crippen LogP contribution is -2.41. The Hall–Kier alpha value is -0.120. The zero-order chi connectivity index (χ0) is 12.1. The molecular weight excluding hydrogens is 214 g/mol. The van der Waals surface area contributed by atoms with Crippen LogP contribution in [0.5, 0.6) is 0 Å². The van der Waals surface area contributed by atoms with E-state index in [0.717, 1.165) is 51.7 Å². The molecule has 0 amide bonds. The largest absolute Gasteiger partial charge is 0.390 e. The van der Waals surface area contributed by atoms with Gasteiger partial charge in [-0.25, -0.2) is 0 Å². The average molecular weight is 241 g/mol. The van der Waals surface area contributed by atoms with E-state index < -0.39 is 5.60 Å². The summed E-state index contributed by atoms with van der Waals surface area (Å²) in [5, 5.41) is 14.0. The van der Waals surface area contributed by atoms with Crippen molar-refractivity contribution in [2.24, 2.45) is 0 Å². The number of hydrogen-bond acceptors (Lipinski definition) is 3. The molecule has 1 heterocycles. The van der Waals surface area contributed by atoms with Crippen LogP contribution in [-0.2, 0) is 4.74 Å². The van der Waals surface area contributed by atoms with Gasteiger partial charge in [-0.05, 0) is 57.9 Å². The predicted molar refractivity (Wildman–Crippen MR) is 69.1 cm³/mol. The molecule has 1 aliphatic carbocycles. The second kappa shape index (κ2) is 6.17. The van der Waals surface area contributed by atoms with Gasteiger partial charge < -0.3 is 15.2 Å². The maximum atomic E-state index is 10.5. The van der Waals surface area contributed by atoms with E-state index in [-0.39, 0.29) is 0 Å². The first-order valence-electron chi connectivity index (χ1n) is 7.29. The number of aliphatic hydroxyl groups is 1. The zero-order valence-corrected chi connectivity index (χ0v) is 11.1. The third kappa shape index (κ3) is 3.94. The molecule has 0 aromatic carbocycles. The highest BCUT2D eigenvalue weighted by atomic mass is 16.5. The summed E-state index contributed by atoms with van der Waals surface area (Å²) in [5.74, 6) is 0. The molecule has 2 aliphatic rings. The molecule has 2 fully saturated rings. The molecule has 100 valence electrons. The van der Waals surface area contributed by atoms with E-state index in [1.54, 1.807) is 0 Å². The number of ether oxygens (including phenoxy) is 1. The molecule has 1 saturated heterocycles. The SMILES string of the molecule is CCNC1CCC(O)(CCC2CCCO2)CC1. The van der Waals surface area contributed by atoms with Gasteiger partial charge in [0.1, 0.15) is 0 Å². The van der Waals surface area contributed by atoms with Gasteiger partial charge in [-0.15, -0.1) is 0 Å². The van der Waals surface area contributed by atoms with Crippen molar-refractivity contribution in [3.63, 3.8) is 0 Å². The lowest BCUT2D eigenvalue weighted by molar-refractivity contribution is -0.0241. The van der Waals surface area contributed by atoms with E-state index in [1.165, 1.54) is 12.8 Å². The highest BCUT2D eigenvalue weighted by Crippen LogP contribution is 2.33. The summed E-state index contributed by atoms with van der Waals surface area (Å²) in [5.41, 5.74) is -0.405. The van der Waals surface area contributed by atoms with Gasteiger partial charge in [-0.1, -0.05) is 6.92 Å². The molecule has 2 N–H and O–H groups in total. The summed E-state index contributed by atoms with van der Waals surface area (Å²) in [6.07, 6.45) is 8.94. The summed E-state index contributed by atoms with van der Waals surface area (Å²) in [6, 6.07) is 0.628. The van der Waals surface area contributed by atoms with Crippen molar-refractivity contribution in [1.82, 2.24) is 5.32 Å². The van der Waals surface area contributed by atoms with Crippen molar-refractivity contribution in [2.45, 2.75) is 76.0 Å². The Bertz CT molecular complexity index is 218. The highest BCUT2D eigenvalue weighted by Gasteiger charge is 2.33. The van der Waals surface area contributed by atoms with Gasteiger partial charge in [0.05, 0.1) is 11.7 Å². The van der Waals surface area contributed by atoms with E-state index in [1.807, 2.05) is 0 Å². The monoisotopic (exact) mass is 241 g/mol. The molecule has 0 bridgehead atoms. The molecule has 1 atom stereocenters. The molecule has 3 heteroatoms. The molecule has 1 aliphatic heterocycles. The molecular formula is C14H27NO2. The first-order chi connectivity index (χ1) is 8.22. The molecule has 1 unspecified atom stereocenters. The van der Waals surface area contributed by atoms with Gasteiger partial charge in [0.15, 0.2) is 0 Å². The maximum absolute atomic E-state index is 10.5. The fraction of sp³-hybridized carbons (Fsp3) is 1.00. The van der Waals surface area contributed by atoms with E-state index in [2.05, 4.69) is 12.2 Å². The van der Waals surface area contributed by atoms with Crippen LogP contribution in [0.4, 0.5) is 0 Å². The quantitative estimate of drug-likeness (QED) is 0.775. The first-order valence-corrected chi connectivity index (χ1v) is 7.29. The summed E-state index contributed by atoms with van der Waals surface area (Å²) in [6.45, 7) is 4.11. The van der Waals surface area contributed by atoms with Gasteiger partial charge in [0, 0.05) is 12.6 Å². The summed E-state index contributed by atoms with van der Waals surface area (Å²) < 4.78 is 5.63. The Morgan fingerprint density at radius 3 is 2.65 bits per heavy atom. The molecule has 0 aromatic heterocycles. The van der Waals surface area contributed by atoms with Crippen LogP contribution >= 0.6 is 0 Å². The number of rotatable bonds is 5. The van der Waals surface area contributed by atoms with E-state index in [0.29, 0.717) is 12.1 Å². The summed E-state index contributed by atoms with van der Waals surface area (Å²) in [7, 11) is 0. The van der Waals surface area contributed by atoms with Crippen LogP contribution in [0, 0.1) is 0 Å². The fourth-order valence-corrected chi connectivity index (χ4v) is 3.20. The third-order valence-corrected chi connectivity index (χ3v) is 4.36. The Morgan fingerprint density at radius 2 is 2.06 bits per heavy atom. The second-order valence-electron chi connectivity index (χ2n) is 5.73. The number of nitrogens with one attached hydrogen (secondary N) is 1. The highest BCUT2D eigenvalue weighted by molar-refractivity contribution is 4.88. The van der Waals surface area contributed by atoms with Gasteiger partial charge in [0.2, 0.25) is 0 Å². The predicted octanol–water partition coefficient (Wildman–Crippen LogP) is 2.23. The Kier molecular flexibility index (Phi) is 4.83. The van der Waals surface area contributed by atoms with Crippen LogP contribution in [0.15, 0.2) is 0 Å². The molecule has 1 saturated carbocycles. The first kappa shape index (κ1) is 13.3. The Labute approximate surface area is 105 Å². The van der Waals surface area contributed by atoms with Gasteiger partial charge in [-0.2, -0.15) is 0 Å². The Balaban J connectivity index is 1.69. The van der Waals surface area contributed by atoms with Crippen LogP contribution in [0.1, 0.15) is 58.3 Å². The zero-order valence-electron chi connectivity index (χ0n) is 11.1. The number of hydrogen-bond donors (Lipinski definition) is 2. The van der Waals surface area contributed by atoms with Crippen molar-refractivity contribution < 1.29 is 9.84 Å². The minimum Gasteiger partial charge on any atom is -0.390 e. The minimum absolute atomic E-state index is 0.405. The van der Waals surface area contributed by atoms with Gasteiger partial charge in [-0.3, -0.25) is 0 Å². The standard InChI is InChI=1S/C14H27NO2/c1-2-15-12-5-8-14(16,9-6-12)10-7-13-4-3-11-17-13/h12-13,15-16H,2-11H2,1H3. The van der Waals surface area contributed by atoms with Crippen LogP contribution in [-0.4, -0.2) is 36.0 Å². The fourth-order valence-electron chi connectivity index (χ4n) is 3.20. The molecule has 0 spiro atoms. The van der Waals surface area contributed by atoms with Crippen LogP contribution in [0.25, 0.3) is 0 Å². The van der Waals surface area contributed by atoms with Crippen molar-refractivity contribution in [3.8, 4) is 0 Å². The molecule has 3 nitrogen and oxygen atoms in total. The topological polar surface area (TPSA) is 41.5 Å². The maximum Gasteiger partial charge on any atom is 0.0650 e. The summed E-state index contributed by atoms with van der Waals surface area (Å²) >= 11 is 0. The van der Waals surface area contributed by atoms with E-state index in [9.17, 15) is 5.11 Å². The van der Waals surface area contributed by atoms with Crippen molar-refractivity contribution in [2.75, 3.05) is 13.2 Å². The Morgan fingerprint density at radius 1 is 1.29 bits per heavy atom. The average Bonchev–Trinajstić information content (AvgIpc) is 2.84. The van der Waals surface area contributed by atoms with Crippen LogP contribution in [0.2, 0.25) is 0 Å². The molecule has 17 heavy (non-hydrogen) atoms. The normalized spacial score (nSPS) is 38.5. The van der Waals surface area contributed by atoms with Gasteiger partial charge in [0.25, 0.3) is 0 Å². The minimum atomic E-state index is -0.405. The van der Waals surface area contributed by atoms with E-state index >= 15 is 0 Å². The third-order valence-electron chi connectivity index (χ3n) is 4.36.